The summed E-state index contributed by atoms with van der Waals surface area (Å²) < 4.78 is 4.99. The number of phenolic OH excluding ortho intramolecular Hbond substituents is 1. The summed E-state index contributed by atoms with van der Waals surface area (Å²) in [5, 5.41) is 13.0. The molecule has 0 radical (unpaired) electrons. The predicted molar refractivity (Wildman–Crippen MR) is 135 cm³/mol. The highest BCUT2D eigenvalue weighted by atomic mass is 16.5. The number of carbonyl (C=O) groups is 2. The number of carbonyl (C=O) groups excluding carboxylic acids is 2. The minimum atomic E-state index is -0.261. The number of amides is 1. The molecule has 1 aromatic rings. The van der Waals surface area contributed by atoms with E-state index in [1.807, 2.05) is 12.1 Å². The number of nitrogens with zero attached hydrogens (tertiary/aromatic N) is 1. The molecule has 1 aliphatic carbocycles. The quantitative estimate of drug-likeness (QED) is 0.485. The van der Waals surface area contributed by atoms with E-state index in [4.69, 9.17) is 4.74 Å². The summed E-state index contributed by atoms with van der Waals surface area (Å²) in [4.78, 5) is 27.3. The topological polar surface area (TPSA) is 78.9 Å². The molecule has 0 bridgehead atoms. The Bertz CT molecular complexity index is 807. The first kappa shape index (κ1) is 26.5. The van der Waals surface area contributed by atoms with Gasteiger partial charge in [-0.3, -0.25) is 9.59 Å². The SMILES string of the molecule is CCOC(=O)CCNC(=O)C(CC1CCCCC1)CN1CCC(C)(c2cccc(O)c2)C(C)C1. The fourth-order valence-electron chi connectivity index (χ4n) is 5.84. The predicted octanol–water partition coefficient (Wildman–Crippen LogP) is 4.65. The molecule has 1 heterocycles. The van der Waals surface area contributed by atoms with Gasteiger partial charge in [0, 0.05) is 19.6 Å². The van der Waals surface area contributed by atoms with E-state index >= 15 is 0 Å². The largest absolute Gasteiger partial charge is 0.508 e. The van der Waals surface area contributed by atoms with Crippen molar-refractivity contribution in [2.45, 2.75) is 77.6 Å². The van der Waals surface area contributed by atoms with Gasteiger partial charge in [0.2, 0.25) is 5.91 Å². The molecule has 34 heavy (non-hydrogen) atoms. The normalized spacial score (nSPS) is 25.0. The van der Waals surface area contributed by atoms with E-state index in [0.717, 1.165) is 32.5 Å². The van der Waals surface area contributed by atoms with Crippen molar-refractivity contribution in [3.63, 3.8) is 0 Å². The molecule has 1 saturated heterocycles. The lowest BCUT2D eigenvalue weighted by atomic mass is 9.68. The maximum atomic E-state index is 13.2. The van der Waals surface area contributed by atoms with Gasteiger partial charge < -0.3 is 20.1 Å². The molecular formula is C28H44N2O4. The van der Waals surface area contributed by atoms with Gasteiger partial charge in [-0.15, -0.1) is 0 Å². The highest BCUT2D eigenvalue weighted by Gasteiger charge is 2.39. The Labute approximate surface area is 205 Å². The molecule has 1 aromatic carbocycles. The lowest BCUT2D eigenvalue weighted by Crippen LogP contribution is -2.50. The number of esters is 1. The molecule has 1 aliphatic heterocycles. The molecule has 190 valence electrons. The summed E-state index contributed by atoms with van der Waals surface area (Å²) in [7, 11) is 0. The van der Waals surface area contributed by atoms with E-state index in [9.17, 15) is 14.7 Å². The Kier molecular flexibility index (Phi) is 9.81. The van der Waals surface area contributed by atoms with E-state index in [2.05, 4.69) is 30.1 Å². The molecule has 3 atom stereocenters. The maximum absolute atomic E-state index is 13.2. The number of piperidine rings is 1. The summed E-state index contributed by atoms with van der Waals surface area (Å²) in [6.07, 6.45) is 8.44. The number of aromatic hydroxyl groups is 1. The number of hydrogen-bond acceptors (Lipinski definition) is 5. The van der Waals surface area contributed by atoms with Crippen LogP contribution >= 0.6 is 0 Å². The van der Waals surface area contributed by atoms with Crippen molar-refractivity contribution >= 4 is 11.9 Å². The van der Waals surface area contributed by atoms with Crippen molar-refractivity contribution in [3.8, 4) is 5.75 Å². The summed E-state index contributed by atoms with van der Waals surface area (Å²) >= 11 is 0. The molecule has 6 heteroatoms. The van der Waals surface area contributed by atoms with E-state index in [1.54, 1.807) is 13.0 Å². The number of likely N-dealkylation sites (tertiary alicyclic amines) is 1. The van der Waals surface area contributed by atoms with Crippen molar-refractivity contribution in [3.05, 3.63) is 29.8 Å². The van der Waals surface area contributed by atoms with Crippen LogP contribution in [0.1, 0.15) is 77.7 Å². The number of rotatable bonds is 10. The Hall–Kier alpha value is -2.08. The van der Waals surface area contributed by atoms with E-state index < -0.39 is 0 Å². The Morgan fingerprint density at radius 3 is 2.71 bits per heavy atom. The lowest BCUT2D eigenvalue weighted by Gasteiger charge is -2.46. The van der Waals surface area contributed by atoms with Gasteiger partial charge in [-0.1, -0.05) is 58.1 Å². The zero-order chi connectivity index (χ0) is 24.6. The van der Waals surface area contributed by atoms with Crippen LogP contribution in [0.4, 0.5) is 0 Å². The lowest BCUT2D eigenvalue weighted by molar-refractivity contribution is -0.143. The standard InChI is InChI=1S/C28H44N2O4/c1-4-34-26(32)13-15-29-27(33)23(17-22-9-6-5-7-10-22)20-30-16-14-28(3,21(2)19-30)24-11-8-12-25(31)18-24/h8,11-12,18,21-23,31H,4-7,9-10,13-17,19-20H2,1-3H3,(H,29,33). The number of benzene rings is 1. The fraction of sp³-hybridized carbons (Fsp3) is 0.714. The summed E-state index contributed by atoms with van der Waals surface area (Å²) in [6, 6.07) is 7.67. The van der Waals surface area contributed by atoms with Gasteiger partial charge >= 0.3 is 5.97 Å². The van der Waals surface area contributed by atoms with Crippen LogP contribution in [-0.2, 0) is 19.7 Å². The van der Waals surface area contributed by atoms with Gasteiger partial charge in [0.25, 0.3) is 0 Å². The van der Waals surface area contributed by atoms with Crippen LogP contribution in [0.15, 0.2) is 24.3 Å². The van der Waals surface area contributed by atoms with Crippen molar-refractivity contribution in [2.24, 2.45) is 17.8 Å². The molecule has 0 aromatic heterocycles. The molecule has 2 fully saturated rings. The van der Waals surface area contributed by atoms with Gasteiger partial charge in [0.1, 0.15) is 5.75 Å². The molecule has 1 saturated carbocycles. The maximum Gasteiger partial charge on any atom is 0.307 e. The first-order valence-electron chi connectivity index (χ1n) is 13.3. The van der Waals surface area contributed by atoms with E-state index in [-0.39, 0.29) is 29.6 Å². The number of ether oxygens (including phenoxy) is 1. The highest BCUT2D eigenvalue weighted by Crippen LogP contribution is 2.40. The molecule has 1 amide bonds. The van der Waals surface area contributed by atoms with Gasteiger partial charge in [0.05, 0.1) is 18.9 Å². The molecule has 0 spiro atoms. The zero-order valence-corrected chi connectivity index (χ0v) is 21.4. The van der Waals surface area contributed by atoms with Crippen LogP contribution in [0, 0.1) is 17.8 Å². The highest BCUT2D eigenvalue weighted by molar-refractivity contribution is 5.79. The monoisotopic (exact) mass is 472 g/mol. The van der Waals surface area contributed by atoms with Gasteiger partial charge in [-0.05, 0) is 61.3 Å². The molecule has 2 aliphatic rings. The molecular weight excluding hydrogens is 428 g/mol. The third kappa shape index (κ3) is 7.21. The smallest absolute Gasteiger partial charge is 0.307 e. The number of hydrogen-bond donors (Lipinski definition) is 2. The second-order valence-electron chi connectivity index (χ2n) is 10.7. The minimum Gasteiger partial charge on any atom is -0.508 e. The van der Waals surface area contributed by atoms with Crippen LogP contribution in [-0.4, -0.2) is 54.7 Å². The Balaban J connectivity index is 1.61. The number of phenols is 1. The van der Waals surface area contributed by atoms with E-state index in [0.29, 0.717) is 30.7 Å². The second-order valence-corrected chi connectivity index (χ2v) is 10.7. The summed E-state index contributed by atoms with van der Waals surface area (Å²) in [5.74, 6) is 1.11. The Morgan fingerprint density at radius 2 is 2.03 bits per heavy atom. The third-order valence-corrected chi connectivity index (χ3v) is 8.20. The first-order chi connectivity index (χ1) is 16.3. The van der Waals surface area contributed by atoms with Crippen LogP contribution in [0.25, 0.3) is 0 Å². The molecule has 3 rings (SSSR count). The van der Waals surface area contributed by atoms with Crippen molar-refractivity contribution in [2.75, 3.05) is 32.8 Å². The van der Waals surface area contributed by atoms with Crippen molar-refractivity contribution in [1.29, 1.82) is 0 Å². The average molecular weight is 473 g/mol. The fourth-order valence-corrected chi connectivity index (χ4v) is 5.84. The summed E-state index contributed by atoms with van der Waals surface area (Å²) in [5.41, 5.74) is 1.20. The number of nitrogens with one attached hydrogen (secondary N) is 1. The average Bonchev–Trinajstić information content (AvgIpc) is 2.82. The molecule has 3 unspecified atom stereocenters. The first-order valence-corrected chi connectivity index (χ1v) is 13.3. The van der Waals surface area contributed by atoms with Gasteiger partial charge in [-0.2, -0.15) is 0 Å². The minimum absolute atomic E-state index is 0.00993. The zero-order valence-electron chi connectivity index (χ0n) is 21.4. The van der Waals surface area contributed by atoms with Crippen molar-refractivity contribution in [1.82, 2.24) is 10.2 Å². The second kappa shape index (κ2) is 12.6. The molecule has 2 N–H and O–H groups in total. The van der Waals surface area contributed by atoms with Crippen molar-refractivity contribution < 1.29 is 19.4 Å². The third-order valence-electron chi connectivity index (χ3n) is 8.20. The van der Waals surface area contributed by atoms with Crippen LogP contribution in [0.3, 0.4) is 0 Å². The van der Waals surface area contributed by atoms with Crippen LogP contribution < -0.4 is 5.32 Å². The Morgan fingerprint density at radius 1 is 1.26 bits per heavy atom. The van der Waals surface area contributed by atoms with Gasteiger partial charge in [-0.25, -0.2) is 0 Å². The van der Waals surface area contributed by atoms with Gasteiger partial charge in [0.15, 0.2) is 0 Å². The van der Waals surface area contributed by atoms with Crippen LogP contribution in [0.2, 0.25) is 0 Å². The van der Waals surface area contributed by atoms with Crippen LogP contribution in [0.5, 0.6) is 5.75 Å². The molecule has 6 nitrogen and oxygen atoms in total. The van der Waals surface area contributed by atoms with E-state index in [1.165, 1.54) is 37.7 Å². The summed E-state index contributed by atoms with van der Waals surface area (Å²) in [6.45, 7) is 9.72.